The van der Waals surface area contributed by atoms with Crippen LogP contribution in [-0.4, -0.2) is 12.5 Å². The smallest absolute Gasteiger partial charge is 0.226 e. The Hall–Kier alpha value is -2.94. The number of amides is 1. The van der Waals surface area contributed by atoms with E-state index in [0.717, 1.165) is 11.1 Å². The Morgan fingerprint density at radius 1 is 1.07 bits per heavy atom. The van der Waals surface area contributed by atoms with Gasteiger partial charge in [-0.25, -0.2) is 0 Å². The van der Waals surface area contributed by atoms with Gasteiger partial charge in [0.1, 0.15) is 11.1 Å². The molecule has 0 saturated heterocycles. The second-order valence-electron chi connectivity index (χ2n) is 6.28. The summed E-state index contributed by atoms with van der Waals surface area (Å²) in [5.74, 6) is -0.0998. The molecule has 0 bridgehead atoms. The van der Waals surface area contributed by atoms with Crippen molar-refractivity contribution in [2.45, 2.75) is 19.4 Å². The van der Waals surface area contributed by atoms with Crippen molar-refractivity contribution in [2.24, 2.45) is 0 Å². The van der Waals surface area contributed by atoms with Gasteiger partial charge in [0.25, 0.3) is 0 Å². The Labute approximate surface area is 163 Å². The van der Waals surface area contributed by atoms with Crippen molar-refractivity contribution < 1.29 is 4.79 Å². The monoisotopic (exact) mass is 375 g/mol. The molecular weight excluding hydrogens is 354 g/mol. The Bertz CT molecular complexity index is 926. The number of thiophene rings is 1. The lowest BCUT2D eigenvalue weighted by Crippen LogP contribution is -2.26. The number of nitriles is 1. The Balaban J connectivity index is 1.64. The number of nitrogens with one attached hydrogen (secondary N) is 2. The molecule has 4 nitrogen and oxygen atoms in total. The van der Waals surface area contributed by atoms with Crippen molar-refractivity contribution in [1.29, 1.82) is 5.26 Å². The fourth-order valence-corrected chi connectivity index (χ4v) is 3.60. The maximum absolute atomic E-state index is 12.2. The topological polar surface area (TPSA) is 64.9 Å². The highest BCUT2D eigenvalue weighted by Gasteiger charge is 2.14. The van der Waals surface area contributed by atoms with Gasteiger partial charge in [-0.15, -0.1) is 11.3 Å². The van der Waals surface area contributed by atoms with Gasteiger partial charge in [-0.2, -0.15) is 5.26 Å². The molecule has 1 amide bonds. The molecule has 3 rings (SSSR count). The van der Waals surface area contributed by atoms with Gasteiger partial charge in [0.2, 0.25) is 5.91 Å². The number of carbonyl (C=O) groups is 1. The third-order valence-electron chi connectivity index (χ3n) is 4.28. The molecule has 1 atom stereocenters. The largest absolute Gasteiger partial charge is 0.317 e. The molecule has 3 aromatic rings. The molecule has 0 aliphatic heterocycles. The molecule has 2 aromatic carbocycles. The summed E-state index contributed by atoms with van der Waals surface area (Å²) in [5.41, 5.74) is 4.04. The fraction of sp³-hybridized carbons (Fsp3) is 0.182. The van der Waals surface area contributed by atoms with Crippen LogP contribution in [0.15, 0.2) is 66.0 Å². The van der Waals surface area contributed by atoms with E-state index in [9.17, 15) is 4.79 Å². The lowest BCUT2D eigenvalue weighted by Gasteiger charge is -2.20. The second-order valence-corrected chi connectivity index (χ2v) is 7.20. The van der Waals surface area contributed by atoms with E-state index in [4.69, 9.17) is 5.26 Å². The van der Waals surface area contributed by atoms with Gasteiger partial charge in [0.15, 0.2) is 0 Å². The van der Waals surface area contributed by atoms with Gasteiger partial charge in [-0.3, -0.25) is 4.79 Å². The quantitative estimate of drug-likeness (QED) is 0.632. The van der Waals surface area contributed by atoms with Crippen LogP contribution in [-0.2, 0) is 4.79 Å². The Kier molecular flexibility index (Phi) is 6.37. The van der Waals surface area contributed by atoms with Crippen molar-refractivity contribution in [3.8, 4) is 6.07 Å². The normalized spacial score (nSPS) is 11.6. The first-order chi connectivity index (χ1) is 13.2. The predicted octanol–water partition coefficient (Wildman–Crippen LogP) is 4.64. The molecule has 0 unspecified atom stereocenters. The third kappa shape index (κ3) is 5.04. The molecule has 0 radical (unpaired) electrons. The first-order valence-electron chi connectivity index (χ1n) is 8.79. The average molecular weight is 375 g/mol. The summed E-state index contributed by atoms with van der Waals surface area (Å²) in [6.07, 6.45) is 0.331. The summed E-state index contributed by atoms with van der Waals surface area (Å²) in [7, 11) is 0. The van der Waals surface area contributed by atoms with E-state index in [1.165, 1.54) is 16.9 Å². The lowest BCUT2D eigenvalue weighted by atomic mass is 9.98. The highest BCUT2D eigenvalue weighted by Crippen LogP contribution is 2.23. The highest BCUT2D eigenvalue weighted by atomic mass is 32.1. The number of nitrogens with zero attached hydrogens (tertiary/aromatic N) is 1. The summed E-state index contributed by atoms with van der Waals surface area (Å²) in [6.45, 7) is 2.60. The minimum absolute atomic E-state index is 0.0241. The van der Waals surface area contributed by atoms with Crippen LogP contribution in [0.3, 0.4) is 0 Å². The maximum atomic E-state index is 12.2. The van der Waals surface area contributed by atoms with E-state index < -0.39 is 0 Å². The molecule has 136 valence electrons. The summed E-state index contributed by atoms with van der Waals surface area (Å²) in [6, 6.07) is 22.4. The standard InChI is InChI=1S/C22H21N3OS/c1-16-7-9-18(10-8-16)21(17-5-3-2-4-6-17)24-13-11-20(26)25-22-19(15-23)12-14-27-22/h2-10,12,14,21,24H,11,13H2,1H3,(H,25,26)/t21-/m0/s1. The molecular formula is C22H21N3OS. The maximum Gasteiger partial charge on any atom is 0.226 e. The number of hydrogen-bond acceptors (Lipinski definition) is 4. The van der Waals surface area contributed by atoms with E-state index in [-0.39, 0.29) is 11.9 Å². The van der Waals surface area contributed by atoms with Crippen molar-refractivity contribution in [3.05, 3.63) is 88.3 Å². The molecule has 2 N–H and O–H groups in total. The number of anilines is 1. The number of benzene rings is 2. The Morgan fingerprint density at radius 3 is 2.48 bits per heavy atom. The Morgan fingerprint density at radius 2 is 1.78 bits per heavy atom. The number of rotatable bonds is 7. The van der Waals surface area contributed by atoms with Gasteiger partial charge < -0.3 is 10.6 Å². The summed E-state index contributed by atoms with van der Waals surface area (Å²) in [5, 5.41) is 17.8. The van der Waals surface area contributed by atoms with Crippen LogP contribution in [0.1, 0.15) is 34.7 Å². The zero-order chi connectivity index (χ0) is 19.1. The molecule has 0 spiro atoms. The van der Waals surface area contributed by atoms with Crippen LogP contribution in [0, 0.1) is 18.3 Å². The molecule has 5 heteroatoms. The SMILES string of the molecule is Cc1ccc([C@@H](NCCC(=O)Nc2sccc2C#N)c2ccccc2)cc1. The van der Waals surface area contributed by atoms with E-state index >= 15 is 0 Å². The first kappa shape index (κ1) is 18.8. The first-order valence-corrected chi connectivity index (χ1v) is 9.67. The van der Waals surface area contributed by atoms with Crippen molar-refractivity contribution in [2.75, 3.05) is 11.9 Å². The van der Waals surface area contributed by atoms with Crippen LogP contribution >= 0.6 is 11.3 Å². The zero-order valence-corrected chi connectivity index (χ0v) is 15.9. The zero-order valence-electron chi connectivity index (χ0n) is 15.1. The van der Waals surface area contributed by atoms with Crippen LogP contribution in [0.4, 0.5) is 5.00 Å². The summed E-state index contributed by atoms with van der Waals surface area (Å²) < 4.78 is 0. The van der Waals surface area contributed by atoms with Crippen LogP contribution in [0.2, 0.25) is 0 Å². The third-order valence-corrected chi connectivity index (χ3v) is 5.11. The van der Waals surface area contributed by atoms with Gasteiger partial charge in [0, 0.05) is 13.0 Å². The van der Waals surface area contributed by atoms with E-state index in [0.29, 0.717) is 23.5 Å². The highest BCUT2D eigenvalue weighted by molar-refractivity contribution is 7.14. The molecule has 1 heterocycles. The van der Waals surface area contributed by atoms with Crippen molar-refractivity contribution in [3.63, 3.8) is 0 Å². The number of aryl methyl sites for hydroxylation is 1. The minimum Gasteiger partial charge on any atom is -0.317 e. The summed E-state index contributed by atoms with van der Waals surface area (Å²) >= 11 is 1.36. The predicted molar refractivity (Wildman–Crippen MR) is 110 cm³/mol. The summed E-state index contributed by atoms with van der Waals surface area (Å²) in [4.78, 5) is 12.2. The van der Waals surface area contributed by atoms with Crippen LogP contribution in [0.5, 0.6) is 0 Å². The molecule has 0 fully saturated rings. The molecule has 0 aliphatic carbocycles. The second kappa shape index (κ2) is 9.13. The van der Waals surface area contributed by atoms with E-state index in [2.05, 4.69) is 60.0 Å². The van der Waals surface area contributed by atoms with E-state index in [1.54, 1.807) is 11.4 Å². The van der Waals surface area contributed by atoms with Crippen molar-refractivity contribution in [1.82, 2.24) is 5.32 Å². The fourth-order valence-electron chi connectivity index (χ4n) is 2.85. The lowest BCUT2D eigenvalue weighted by molar-refractivity contribution is -0.116. The van der Waals surface area contributed by atoms with Gasteiger partial charge >= 0.3 is 0 Å². The van der Waals surface area contributed by atoms with Gasteiger partial charge in [-0.05, 0) is 29.5 Å². The van der Waals surface area contributed by atoms with Crippen LogP contribution < -0.4 is 10.6 Å². The van der Waals surface area contributed by atoms with Crippen molar-refractivity contribution >= 4 is 22.2 Å². The minimum atomic E-state index is -0.0998. The van der Waals surface area contributed by atoms with Crippen LogP contribution in [0.25, 0.3) is 0 Å². The molecule has 27 heavy (non-hydrogen) atoms. The number of carbonyl (C=O) groups excluding carboxylic acids is 1. The van der Waals surface area contributed by atoms with Gasteiger partial charge in [-0.1, -0.05) is 60.2 Å². The number of hydrogen-bond donors (Lipinski definition) is 2. The van der Waals surface area contributed by atoms with Gasteiger partial charge in [0.05, 0.1) is 11.6 Å². The molecule has 1 aromatic heterocycles. The average Bonchev–Trinajstić information content (AvgIpc) is 3.14. The molecule has 0 aliphatic rings. The molecule has 0 saturated carbocycles. The van der Waals surface area contributed by atoms with E-state index in [1.807, 2.05) is 18.2 Å².